The first-order valence-corrected chi connectivity index (χ1v) is 10.9. The van der Waals surface area contributed by atoms with Crippen molar-refractivity contribution in [2.75, 3.05) is 6.61 Å². The van der Waals surface area contributed by atoms with Gasteiger partial charge in [0.05, 0.1) is 0 Å². The Morgan fingerprint density at radius 1 is 0.962 bits per heavy atom. The number of aliphatic hydroxyl groups excluding tert-OH is 1. The maximum absolute atomic E-state index is 12.9. The van der Waals surface area contributed by atoms with Crippen LogP contribution in [0.1, 0.15) is 78.2 Å². The maximum Gasteiger partial charge on any atom is 0.168 e. The maximum atomic E-state index is 12.9. The third-order valence-electron chi connectivity index (χ3n) is 4.82. The van der Waals surface area contributed by atoms with E-state index in [-0.39, 0.29) is 12.4 Å². The van der Waals surface area contributed by atoms with E-state index in [0.717, 1.165) is 28.8 Å². The minimum absolute atomic E-state index is 0.100. The highest BCUT2D eigenvalue weighted by Crippen LogP contribution is 2.27. The van der Waals surface area contributed by atoms with E-state index in [2.05, 4.69) is 12.3 Å². The summed E-state index contributed by atoms with van der Waals surface area (Å²) in [6.45, 7) is 2.34. The molecule has 0 aliphatic carbocycles. The average Bonchev–Trinajstić information content (AvgIpc) is 3.05. The molecule has 1 N–H and O–H groups in total. The lowest BCUT2D eigenvalue weighted by Crippen LogP contribution is -2.09. The third kappa shape index (κ3) is 6.69. The molecule has 2 nitrogen and oxygen atoms in total. The molecule has 0 saturated carbocycles. The van der Waals surface area contributed by atoms with Crippen LogP contribution in [0.5, 0.6) is 0 Å². The van der Waals surface area contributed by atoms with Gasteiger partial charge in [0.2, 0.25) is 0 Å². The summed E-state index contributed by atoms with van der Waals surface area (Å²) in [5.74, 6) is 0.193. The molecular weight excluding hydrogens is 340 g/mol. The first-order valence-electron chi connectivity index (χ1n) is 10.0. The summed E-state index contributed by atoms with van der Waals surface area (Å²) >= 11 is 1.63. The Morgan fingerprint density at radius 3 is 2.35 bits per heavy atom. The zero-order chi connectivity index (χ0) is 18.6. The molecule has 2 rings (SSSR count). The summed E-state index contributed by atoms with van der Waals surface area (Å²) in [6.07, 6.45) is 11.0. The van der Waals surface area contributed by atoms with E-state index in [4.69, 9.17) is 0 Å². The molecule has 1 aromatic carbocycles. The molecular formula is C23H32O2S. The summed E-state index contributed by atoms with van der Waals surface area (Å²) in [4.78, 5) is 14.0. The van der Waals surface area contributed by atoms with Crippen molar-refractivity contribution in [2.45, 2.75) is 71.1 Å². The van der Waals surface area contributed by atoms with Crippen LogP contribution in [0.4, 0.5) is 0 Å². The van der Waals surface area contributed by atoms with Crippen LogP contribution in [0.25, 0.3) is 0 Å². The first kappa shape index (κ1) is 20.9. The normalized spacial score (nSPS) is 11.0. The van der Waals surface area contributed by atoms with Gasteiger partial charge in [-0.3, -0.25) is 4.79 Å². The largest absolute Gasteiger partial charge is 0.396 e. The van der Waals surface area contributed by atoms with Crippen LogP contribution >= 0.6 is 11.3 Å². The fourth-order valence-corrected chi connectivity index (χ4v) is 4.48. The van der Waals surface area contributed by atoms with Crippen LogP contribution in [-0.4, -0.2) is 17.5 Å². The van der Waals surface area contributed by atoms with E-state index in [1.54, 1.807) is 11.3 Å². The number of aliphatic hydroxyl groups is 1. The molecule has 0 spiro atoms. The summed E-state index contributed by atoms with van der Waals surface area (Å²) in [7, 11) is 0. The molecule has 1 heterocycles. The van der Waals surface area contributed by atoms with Crippen LogP contribution < -0.4 is 0 Å². The lowest BCUT2D eigenvalue weighted by atomic mass is 9.96. The fourth-order valence-electron chi connectivity index (χ4n) is 3.39. The van der Waals surface area contributed by atoms with E-state index < -0.39 is 0 Å². The summed E-state index contributed by atoms with van der Waals surface area (Å²) < 4.78 is 0. The SMILES string of the molecule is CCCCCCCCCc1csc(CCO)c1C(=O)Cc1ccccc1. The molecule has 142 valence electrons. The van der Waals surface area contributed by atoms with Crippen molar-refractivity contribution in [1.82, 2.24) is 0 Å². The van der Waals surface area contributed by atoms with Crippen molar-refractivity contribution in [3.05, 3.63) is 57.3 Å². The molecule has 1 aromatic heterocycles. The molecule has 0 fully saturated rings. The van der Waals surface area contributed by atoms with Gasteiger partial charge >= 0.3 is 0 Å². The van der Waals surface area contributed by atoms with E-state index in [1.165, 1.54) is 44.1 Å². The summed E-state index contributed by atoms with van der Waals surface area (Å²) in [6, 6.07) is 9.94. The molecule has 0 bridgehead atoms. The molecule has 0 amide bonds. The summed E-state index contributed by atoms with van der Waals surface area (Å²) in [5, 5.41) is 11.5. The average molecular weight is 373 g/mol. The topological polar surface area (TPSA) is 37.3 Å². The minimum Gasteiger partial charge on any atom is -0.396 e. The van der Waals surface area contributed by atoms with Gasteiger partial charge in [-0.2, -0.15) is 0 Å². The van der Waals surface area contributed by atoms with Gasteiger partial charge in [0, 0.05) is 29.9 Å². The number of rotatable bonds is 13. The van der Waals surface area contributed by atoms with Gasteiger partial charge in [-0.1, -0.05) is 75.8 Å². The van der Waals surface area contributed by atoms with Gasteiger partial charge in [0.25, 0.3) is 0 Å². The number of carbonyl (C=O) groups excluding carboxylic acids is 1. The molecule has 0 aliphatic heterocycles. The molecule has 0 atom stereocenters. The standard InChI is InChI=1S/C23H32O2S/c1-2-3-4-5-6-7-11-14-20-18-26-22(15-16-24)23(20)21(25)17-19-12-9-8-10-13-19/h8-10,12-13,18,24H,2-7,11,14-17H2,1H3. The van der Waals surface area contributed by atoms with Crippen LogP contribution in [0, 0.1) is 0 Å². The van der Waals surface area contributed by atoms with E-state index >= 15 is 0 Å². The number of hydrogen-bond acceptors (Lipinski definition) is 3. The predicted molar refractivity (Wildman–Crippen MR) is 111 cm³/mol. The van der Waals surface area contributed by atoms with Crippen molar-refractivity contribution in [3.63, 3.8) is 0 Å². The number of Topliss-reactive ketones (excluding diaryl/α,β-unsaturated/α-hetero) is 1. The van der Waals surface area contributed by atoms with Crippen molar-refractivity contribution in [2.24, 2.45) is 0 Å². The Morgan fingerprint density at radius 2 is 1.65 bits per heavy atom. The van der Waals surface area contributed by atoms with Crippen LogP contribution in [-0.2, 0) is 19.3 Å². The van der Waals surface area contributed by atoms with Crippen molar-refractivity contribution < 1.29 is 9.90 Å². The van der Waals surface area contributed by atoms with Crippen molar-refractivity contribution >= 4 is 17.1 Å². The molecule has 0 unspecified atom stereocenters. The monoisotopic (exact) mass is 372 g/mol. The number of ketones is 1. The number of benzene rings is 1. The zero-order valence-electron chi connectivity index (χ0n) is 16.0. The van der Waals surface area contributed by atoms with Crippen LogP contribution in [0.15, 0.2) is 35.7 Å². The lowest BCUT2D eigenvalue weighted by Gasteiger charge is -2.07. The number of unbranched alkanes of at least 4 members (excludes halogenated alkanes) is 6. The van der Waals surface area contributed by atoms with Gasteiger partial charge in [-0.15, -0.1) is 11.3 Å². The highest BCUT2D eigenvalue weighted by atomic mass is 32.1. The molecule has 3 heteroatoms. The molecule has 0 saturated heterocycles. The number of thiophene rings is 1. The van der Waals surface area contributed by atoms with Gasteiger partial charge < -0.3 is 5.11 Å². The second-order valence-electron chi connectivity index (χ2n) is 6.99. The minimum atomic E-state index is 0.100. The van der Waals surface area contributed by atoms with Crippen LogP contribution in [0.2, 0.25) is 0 Å². The quantitative estimate of drug-likeness (QED) is 0.346. The molecule has 26 heavy (non-hydrogen) atoms. The van der Waals surface area contributed by atoms with Gasteiger partial charge in [-0.25, -0.2) is 0 Å². The molecule has 0 aliphatic rings. The van der Waals surface area contributed by atoms with Gasteiger partial charge in [-0.05, 0) is 29.3 Å². The number of carbonyl (C=O) groups is 1. The third-order valence-corrected chi connectivity index (χ3v) is 5.91. The smallest absolute Gasteiger partial charge is 0.168 e. The zero-order valence-corrected chi connectivity index (χ0v) is 16.8. The highest BCUT2D eigenvalue weighted by Gasteiger charge is 2.18. The lowest BCUT2D eigenvalue weighted by molar-refractivity contribution is 0.0991. The fraction of sp³-hybridized carbons (Fsp3) is 0.522. The molecule has 2 aromatic rings. The predicted octanol–water partition coefficient (Wildman–Crippen LogP) is 6.00. The Bertz CT molecular complexity index is 645. The first-order chi connectivity index (χ1) is 12.8. The van der Waals surface area contributed by atoms with Crippen molar-refractivity contribution in [3.8, 4) is 0 Å². The second kappa shape index (κ2) is 12.0. The number of hydrogen-bond donors (Lipinski definition) is 1. The van der Waals surface area contributed by atoms with Crippen LogP contribution in [0.3, 0.4) is 0 Å². The Balaban J connectivity index is 1.95. The van der Waals surface area contributed by atoms with Gasteiger partial charge in [0.1, 0.15) is 0 Å². The Kier molecular flexibility index (Phi) is 9.65. The van der Waals surface area contributed by atoms with Crippen molar-refractivity contribution in [1.29, 1.82) is 0 Å². The number of aryl methyl sites for hydroxylation is 1. The van der Waals surface area contributed by atoms with E-state index in [1.807, 2.05) is 30.3 Å². The Labute approximate surface area is 162 Å². The highest BCUT2D eigenvalue weighted by molar-refractivity contribution is 7.10. The van der Waals surface area contributed by atoms with E-state index in [9.17, 15) is 9.90 Å². The molecule has 0 radical (unpaired) electrons. The van der Waals surface area contributed by atoms with E-state index in [0.29, 0.717) is 12.8 Å². The Hall–Kier alpha value is -1.45. The second-order valence-corrected chi connectivity index (χ2v) is 7.95. The van der Waals surface area contributed by atoms with Gasteiger partial charge in [0.15, 0.2) is 5.78 Å². The summed E-state index contributed by atoms with van der Waals surface area (Å²) in [5.41, 5.74) is 3.13.